The number of hydrogen-bond acceptors (Lipinski definition) is 5. The van der Waals surface area contributed by atoms with Crippen molar-refractivity contribution in [3.63, 3.8) is 0 Å². The van der Waals surface area contributed by atoms with E-state index in [1.165, 1.54) is 6.33 Å². The molecule has 18 heavy (non-hydrogen) atoms. The lowest BCUT2D eigenvalue weighted by Gasteiger charge is -2.09. The van der Waals surface area contributed by atoms with Crippen LogP contribution in [0.1, 0.15) is 21.5 Å². The van der Waals surface area contributed by atoms with Crippen LogP contribution in [0.3, 0.4) is 0 Å². The Morgan fingerprint density at radius 1 is 1.44 bits per heavy atom. The number of carbonyl (C=O) groups is 1. The van der Waals surface area contributed by atoms with Crippen molar-refractivity contribution in [2.75, 3.05) is 5.32 Å². The minimum absolute atomic E-state index is 0.144. The summed E-state index contributed by atoms with van der Waals surface area (Å²) in [6, 6.07) is 1.92. The number of halogens is 1. The standard InChI is InChI=1S/C12H11ClN4O/c1-8-2-3-14-4-9(8)5-15-12-10(6-18)11(13)16-7-17-12/h2-4,6-7H,5H2,1H3,(H,15,16,17). The Bertz CT molecular complexity index is 574. The molecule has 2 aromatic rings. The number of aldehydes is 1. The largest absolute Gasteiger partial charge is 0.365 e. The third-order valence-electron chi connectivity index (χ3n) is 2.55. The first-order valence-electron chi connectivity index (χ1n) is 5.31. The molecule has 92 valence electrons. The second-order valence-corrected chi connectivity index (χ2v) is 4.06. The number of nitrogens with zero attached hydrogens (tertiary/aromatic N) is 3. The summed E-state index contributed by atoms with van der Waals surface area (Å²) in [6.45, 7) is 2.51. The van der Waals surface area contributed by atoms with Gasteiger partial charge < -0.3 is 5.32 Å². The molecule has 2 aromatic heterocycles. The smallest absolute Gasteiger partial charge is 0.156 e. The number of rotatable bonds is 4. The van der Waals surface area contributed by atoms with E-state index in [4.69, 9.17) is 11.6 Å². The summed E-state index contributed by atoms with van der Waals surface area (Å²) in [5.41, 5.74) is 2.41. The summed E-state index contributed by atoms with van der Waals surface area (Å²) < 4.78 is 0. The Hall–Kier alpha value is -2.01. The fraction of sp³-hybridized carbons (Fsp3) is 0.167. The number of hydrogen-bond donors (Lipinski definition) is 1. The van der Waals surface area contributed by atoms with Crippen LogP contribution in [0.25, 0.3) is 0 Å². The van der Waals surface area contributed by atoms with E-state index in [1.807, 2.05) is 13.0 Å². The van der Waals surface area contributed by atoms with Crippen LogP contribution < -0.4 is 5.32 Å². The zero-order valence-corrected chi connectivity index (χ0v) is 10.5. The maximum atomic E-state index is 10.9. The zero-order valence-electron chi connectivity index (χ0n) is 9.72. The van der Waals surface area contributed by atoms with Gasteiger partial charge >= 0.3 is 0 Å². The van der Waals surface area contributed by atoms with Crippen LogP contribution in [-0.4, -0.2) is 21.2 Å². The number of pyridine rings is 1. The van der Waals surface area contributed by atoms with Crippen LogP contribution in [0.2, 0.25) is 5.15 Å². The summed E-state index contributed by atoms with van der Waals surface area (Å²) in [5, 5.41) is 3.20. The molecular weight excluding hydrogens is 252 g/mol. The normalized spacial score (nSPS) is 10.1. The molecule has 0 aliphatic heterocycles. The van der Waals surface area contributed by atoms with Gasteiger partial charge in [0.25, 0.3) is 0 Å². The molecule has 0 unspecified atom stereocenters. The van der Waals surface area contributed by atoms with E-state index in [9.17, 15) is 4.79 Å². The van der Waals surface area contributed by atoms with Crippen molar-refractivity contribution in [2.24, 2.45) is 0 Å². The predicted octanol–water partition coefficient (Wildman–Crippen LogP) is 2.26. The van der Waals surface area contributed by atoms with E-state index in [2.05, 4.69) is 20.3 Å². The molecule has 0 amide bonds. The Morgan fingerprint density at radius 2 is 2.28 bits per heavy atom. The fourth-order valence-corrected chi connectivity index (χ4v) is 1.66. The lowest BCUT2D eigenvalue weighted by atomic mass is 10.1. The first-order valence-corrected chi connectivity index (χ1v) is 5.69. The molecule has 0 saturated heterocycles. The number of carbonyl (C=O) groups excluding carboxylic acids is 1. The van der Waals surface area contributed by atoms with Gasteiger partial charge in [0.05, 0.1) is 5.56 Å². The maximum Gasteiger partial charge on any atom is 0.156 e. The molecule has 0 spiro atoms. The zero-order chi connectivity index (χ0) is 13.0. The average Bonchev–Trinajstić information content (AvgIpc) is 2.38. The molecule has 2 heterocycles. The highest BCUT2D eigenvalue weighted by Crippen LogP contribution is 2.18. The highest BCUT2D eigenvalue weighted by Gasteiger charge is 2.08. The van der Waals surface area contributed by atoms with E-state index in [0.29, 0.717) is 18.6 Å². The minimum Gasteiger partial charge on any atom is -0.365 e. The lowest BCUT2D eigenvalue weighted by Crippen LogP contribution is -2.06. The van der Waals surface area contributed by atoms with Crippen LogP contribution in [0, 0.1) is 6.92 Å². The number of nitrogens with one attached hydrogen (secondary N) is 1. The average molecular weight is 263 g/mol. The topological polar surface area (TPSA) is 67.8 Å². The van der Waals surface area contributed by atoms with Gasteiger partial charge in [-0.25, -0.2) is 9.97 Å². The molecular formula is C12H11ClN4O. The molecule has 0 atom stereocenters. The van der Waals surface area contributed by atoms with Gasteiger partial charge in [-0.1, -0.05) is 11.6 Å². The molecule has 6 heteroatoms. The lowest BCUT2D eigenvalue weighted by molar-refractivity contribution is 0.112. The summed E-state index contributed by atoms with van der Waals surface area (Å²) in [6.07, 6.45) is 5.46. The predicted molar refractivity (Wildman–Crippen MR) is 68.7 cm³/mol. The van der Waals surface area contributed by atoms with Crippen LogP contribution in [0.5, 0.6) is 0 Å². The molecule has 0 saturated carbocycles. The van der Waals surface area contributed by atoms with E-state index in [-0.39, 0.29) is 10.7 Å². The molecule has 0 bridgehead atoms. The Labute approximate surface area is 109 Å². The number of anilines is 1. The van der Waals surface area contributed by atoms with Crippen LogP contribution in [0.15, 0.2) is 24.8 Å². The highest BCUT2D eigenvalue weighted by molar-refractivity contribution is 6.32. The van der Waals surface area contributed by atoms with Crippen molar-refractivity contribution in [3.8, 4) is 0 Å². The Balaban J connectivity index is 2.18. The Morgan fingerprint density at radius 3 is 3.00 bits per heavy atom. The van der Waals surface area contributed by atoms with Gasteiger partial charge in [0, 0.05) is 18.9 Å². The molecule has 5 nitrogen and oxygen atoms in total. The fourth-order valence-electron chi connectivity index (χ4n) is 1.48. The van der Waals surface area contributed by atoms with Gasteiger partial charge in [0.1, 0.15) is 17.3 Å². The van der Waals surface area contributed by atoms with Gasteiger partial charge in [-0.15, -0.1) is 0 Å². The van der Waals surface area contributed by atoms with Crippen molar-refractivity contribution in [2.45, 2.75) is 13.5 Å². The SMILES string of the molecule is Cc1ccncc1CNc1ncnc(Cl)c1C=O. The van der Waals surface area contributed by atoms with Gasteiger partial charge in [-0.2, -0.15) is 0 Å². The van der Waals surface area contributed by atoms with Crippen molar-refractivity contribution < 1.29 is 4.79 Å². The number of aromatic nitrogens is 3. The summed E-state index contributed by atoms with van der Waals surface area (Å²) in [7, 11) is 0. The van der Waals surface area contributed by atoms with Gasteiger partial charge in [0.2, 0.25) is 0 Å². The van der Waals surface area contributed by atoms with Gasteiger partial charge in [0.15, 0.2) is 6.29 Å². The summed E-state index contributed by atoms with van der Waals surface area (Å²) >= 11 is 5.81. The monoisotopic (exact) mass is 262 g/mol. The van der Waals surface area contributed by atoms with Gasteiger partial charge in [-0.05, 0) is 24.1 Å². The molecule has 0 radical (unpaired) electrons. The Kier molecular flexibility index (Phi) is 3.84. The van der Waals surface area contributed by atoms with E-state index >= 15 is 0 Å². The second-order valence-electron chi connectivity index (χ2n) is 3.70. The quantitative estimate of drug-likeness (QED) is 0.676. The molecule has 0 aliphatic carbocycles. The summed E-state index contributed by atoms with van der Waals surface area (Å²) in [4.78, 5) is 22.7. The maximum absolute atomic E-state index is 10.9. The molecule has 1 N–H and O–H groups in total. The highest BCUT2D eigenvalue weighted by atomic mass is 35.5. The van der Waals surface area contributed by atoms with Crippen LogP contribution in [-0.2, 0) is 6.54 Å². The van der Waals surface area contributed by atoms with E-state index < -0.39 is 0 Å². The first kappa shape index (κ1) is 12.4. The third-order valence-corrected chi connectivity index (χ3v) is 2.85. The van der Waals surface area contributed by atoms with E-state index in [1.54, 1.807) is 12.4 Å². The molecule has 2 rings (SSSR count). The van der Waals surface area contributed by atoms with Gasteiger partial charge in [-0.3, -0.25) is 9.78 Å². The van der Waals surface area contributed by atoms with Crippen molar-refractivity contribution in [1.29, 1.82) is 0 Å². The molecule has 0 fully saturated rings. The minimum atomic E-state index is 0.144. The summed E-state index contributed by atoms with van der Waals surface area (Å²) in [5.74, 6) is 0.424. The van der Waals surface area contributed by atoms with E-state index in [0.717, 1.165) is 11.1 Å². The van der Waals surface area contributed by atoms with Crippen molar-refractivity contribution in [3.05, 3.63) is 46.6 Å². The van der Waals surface area contributed by atoms with Crippen LogP contribution >= 0.6 is 11.6 Å². The number of aryl methyl sites for hydroxylation is 1. The molecule has 0 aromatic carbocycles. The van der Waals surface area contributed by atoms with Crippen molar-refractivity contribution in [1.82, 2.24) is 15.0 Å². The van der Waals surface area contributed by atoms with Crippen LogP contribution in [0.4, 0.5) is 5.82 Å². The molecule has 0 aliphatic rings. The van der Waals surface area contributed by atoms with Crippen molar-refractivity contribution >= 4 is 23.7 Å². The second kappa shape index (κ2) is 5.55. The first-order chi connectivity index (χ1) is 8.72. The third kappa shape index (κ3) is 2.62.